The molecule has 1 aliphatic rings. The van der Waals surface area contributed by atoms with Crippen LogP contribution >= 0.6 is 0 Å². The third-order valence-electron chi connectivity index (χ3n) is 9.30. The van der Waals surface area contributed by atoms with Gasteiger partial charge in [-0.1, -0.05) is 59.7 Å². The van der Waals surface area contributed by atoms with Gasteiger partial charge in [0.05, 0.1) is 18.3 Å². The van der Waals surface area contributed by atoms with Crippen molar-refractivity contribution in [2.24, 2.45) is 0 Å². The summed E-state index contributed by atoms with van der Waals surface area (Å²) in [6.45, 7) is 22.7. The standard InChI is InChI=1S/C31H51N3O6Si2/c1-30(2,3)41(8,9)38-21-26-25(40-42(10,11)31(4,5)6)19-27(39-26)34-20-23(28(36)32-29(34)37)24(35)17-18-33(7)22-15-13-12-14-16-22/h12-16,20,25-27H,17-19,21H2,1-11H3,(H,32,36,37)/t25-,26+,27+/m0/s1. The summed E-state index contributed by atoms with van der Waals surface area (Å²) in [6.07, 6.45) is 0.508. The number of benzene rings is 1. The first-order valence-electron chi connectivity index (χ1n) is 14.9. The van der Waals surface area contributed by atoms with E-state index in [0.29, 0.717) is 19.6 Å². The van der Waals surface area contributed by atoms with E-state index in [0.717, 1.165) is 5.69 Å². The van der Waals surface area contributed by atoms with E-state index in [1.807, 2.05) is 42.3 Å². The molecule has 3 rings (SSSR count). The summed E-state index contributed by atoms with van der Waals surface area (Å²) in [5.74, 6) is -0.335. The fraction of sp³-hybridized carbons (Fsp3) is 0.645. The Balaban J connectivity index is 1.85. The number of ketones is 1. The number of rotatable bonds is 11. The second kappa shape index (κ2) is 12.7. The van der Waals surface area contributed by atoms with Crippen molar-refractivity contribution in [3.8, 4) is 0 Å². The zero-order valence-electron chi connectivity index (χ0n) is 27.4. The molecule has 42 heavy (non-hydrogen) atoms. The molecule has 0 radical (unpaired) electrons. The monoisotopic (exact) mass is 617 g/mol. The summed E-state index contributed by atoms with van der Waals surface area (Å²) in [6, 6.07) is 9.72. The van der Waals surface area contributed by atoms with Gasteiger partial charge in [-0.05, 0) is 48.4 Å². The number of H-pyrrole nitrogens is 1. The molecule has 0 spiro atoms. The van der Waals surface area contributed by atoms with E-state index in [9.17, 15) is 14.4 Å². The van der Waals surface area contributed by atoms with E-state index in [1.54, 1.807) is 0 Å². The number of nitrogens with zero attached hydrogens (tertiary/aromatic N) is 2. The van der Waals surface area contributed by atoms with Gasteiger partial charge >= 0.3 is 5.69 Å². The molecule has 0 amide bonds. The minimum atomic E-state index is -2.18. The molecule has 1 saturated heterocycles. The van der Waals surface area contributed by atoms with Crippen LogP contribution in [0.5, 0.6) is 0 Å². The Morgan fingerprint density at radius 1 is 1.02 bits per heavy atom. The van der Waals surface area contributed by atoms with E-state index in [2.05, 4.69) is 72.7 Å². The van der Waals surface area contributed by atoms with Crippen LogP contribution in [0.1, 0.15) is 71.0 Å². The Labute approximate surface area is 252 Å². The van der Waals surface area contributed by atoms with Gasteiger partial charge in [0.15, 0.2) is 22.4 Å². The Bertz CT molecular complexity index is 1340. The highest BCUT2D eigenvalue weighted by Gasteiger charge is 2.47. The number of para-hydroxylation sites is 1. The summed E-state index contributed by atoms with van der Waals surface area (Å²) in [7, 11) is -2.36. The molecule has 11 heteroatoms. The van der Waals surface area contributed by atoms with Gasteiger partial charge in [0.1, 0.15) is 12.3 Å². The minimum Gasteiger partial charge on any atom is -0.414 e. The molecule has 0 bridgehead atoms. The topological polar surface area (TPSA) is 103 Å². The number of aromatic nitrogens is 2. The van der Waals surface area contributed by atoms with E-state index in [-0.39, 0.29) is 33.9 Å². The summed E-state index contributed by atoms with van der Waals surface area (Å²) < 4.78 is 21.1. The van der Waals surface area contributed by atoms with Crippen LogP contribution in [0.15, 0.2) is 46.1 Å². The molecular weight excluding hydrogens is 567 g/mol. The zero-order chi connectivity index (χ0) is 31.7. The minimum absolute atomic E-state index is 0.0166. The van der Waals surface area contributed by atoms with Crippen LogP contribution in [0.25, 0.3) is 0 Å². The van der Waals surface area contributed by atoms with Crippen molar-refractivity contribution in [1.29, 1.82) is 0 Å². The number of aromatic amines is 1. The molecule has 1 aliphatic heterocycles. The van der Waals surface area contributed by atoms with Crippen molar-refractivity contribution in [3.05, 3.63) is 62.9 Å². The average molecular weight is 618 g/mol. The zero-order valence-corrected chi connectivity index (χ0v) is 29.4. The van der Waals surface area contributed by atoms with Crippen molar-refractivity contribution in [3.63, 3.8) is 0 Å². The van der Waals surface area contributed by atoms with E-state index in [4.69, 9.17) is 13.6 Å². The van der Waals surface area contributed by atoms with Crippen LogP contribution in [-0.2, 0) is 13.6 Å². The highest BCUT2D eigenvalue weighted by Crippen LogP contribution is 2.42. The van der Waals surface area contributed by atoms with E-state index >= 15 is 0 Å². The number of carbonyl (C=O) groups is 1. The Kier molecular flexibility index (Phi) is 10.4. The maximum Gasteiger partial charge on any atom is 0.330 e. The Morgan fingerprint density at radius 3 is 2.19 bits per heavy atom. The summed E-state index contributed by atoms with van der Waals surface area (Å²) >= 11 is 0. The van der Waals surface area contributed by atoms with Crippen LogP contribution in [-0.4, -0.2) is 64.4 Å². The first-order chi connectivity index (χ1) is 19.2. The number of carbonyl (C=O) groups excluding carboxylic acids is 1. The van der Waals surface area contributed by atoms with Gasteiger partial charge in [0.2, 0.25) is 0 Å². The largest absolute Gasteiger partial charge is 0.414 e. The van der Waals surface area contributed by atoms with Gasteiger partial charge in [-0.3, -0.25) is 19.1 Å². The van der Waals surface area contributed by atoms with Gasteiger partial charge < -0.3 is 18.5 Å². The highest BCUT2D eigenvalue weighted by molar-refractivity contribution is 6.74. The Morgan fingerprint density at radius 2 is 1.62 bits per heavy atom. The Hall–Kier alpha value is -2.32. The van der Waals surface area contributed by atoms with Crippen molar-refractivity contribution >= 4 is 28.1 Å². The number of anilines is 1. The first kappa shape index (κ1) is 34.2. The molecule has 0 aliphatic carbocycles. The quantitative estimate of drug-likeness (QED) is 0.246. The second-order valence-corrected chi connectivity index (χ2v) is 24.1. The molecule has 9 nitrogen and oxygen atoms in total. The lowest BCUT2D eigenvalue weighted by Crippen LogP contribution is -2.48. The SMILES string of the molecule is CN(CCC(=O)c1cn([C@H]2C[C@H](O[Si](C)(C)C(C)(C)C)[C@@H](CO[Si](C)(C)C(C)(C)C)O2)c(=O)[nH]c1=O)c1ccccc1. The molecule has 234 valence electrons. The van der Waals surface area contributed by atoms with Crippen LogP contribution in [0.3, 0.4) is 0 Å². The summed E-state index contributed by atoms with van der Waals surface area (Å²) in [5, 5.41) is 0.0116. The van der Waals surface area contributed by atoms with Crippen molar-refractivity contribution in [1.82, 2.24) is 9.55 Å². The number of hydrogen-bond acceptors (Lipinski definition) is 7. The fourth-order valence-corrected chi connectivity index (χ4v) is 6.69. The molecule has 1 aromatic heterocycles. The van der Waals surface area contributed by atoms with Crippen LogP contribution < -0.4 is 16.1 Å². The molecule has 0 unspecified atom stereocenters. The number of hydrogen-bond donors (Lipinski definition) is 1. The maximum absolute atomic E-state index is 13.2. The first-order valence-corrected chi connectivity index (χ1v) is 20.7. The molecular formula is C31H51N3O6Si2. The molecule has 1 aromatic carbocycles. The number of nitrogens with one attached hydrogen (secondary N) is 1. The predicted octanol–water partition coefficient (Wildman–Crippen LogP) is 5.95. The van der Waals surface area contributed by atoms with Crippen molar-refractivity contribution < 1.29 is 18.4 Å². The lowest BCUT2D eigenvalue weighted by molar-refractivity contribution is -0.0412. The third kappa shape index (κ3) is 7.99. The normalized spacial score (nSPS) is 20.1. The average Bonchev–Trinajstić information content (AvgIpc) is 3.26. The molecule has 2 aromatic rings. The van der Waals surface area contributed by atoms with Gasteiger partial charge in [0, 0.05) is 38.3 Å². The number of ether oxygens (including phenoxy) is 1. The lowest BCUT2D eigenvalue weighted by Gasteiger charge is -2.40. The predicted molar refractivity (Wildman–Crippen MR) is 174 cm³/mol. The van der Waals surface area contributed by atoms with Crippen molar-refractivity contribution in [2.75, 3.05) is 25.1 Å². The van der Waals surface area contributed by atoms with Crippen LogP contribution in [0, 0.1) is 0 Å². The summed E-state index contributed by atoms with van der Waals surface area (Å²) in [5.41, 5.74) is -0.377. The van der Waals surface area contributed by atoms with E-state index in [1.165, 1.54) is 10.8 Å². The second-order valence-electron chi connectivity index (χ2n) is 14.5. The molecule has 2 heterocycles. The van der Waals surface area contributed by atoms with Gasteiger partial charge in [0.25, 0.3) is 5.56 Å². The maximum atomic E-state index is 13.2. The fourth-order valence-electron chi connectivity index (χ4n) is 4.32. The van der Waals surface area contributed by atoms with Gasteiger partial charge in [-0.25, -0.2) is 4.79 Å². The van der Waals surface area contributed by atoms with E-state index < -0.39 is 40.2 Å². The summed E-state index contributed by atoms with van der Waals surface area (Å²) in [4.78, 5) is 43.2. The van der Waals surface area contributed by atoms with Gasteiger partial charge in [-0.15, -0.1) is 0 Å². The lowest BCUT2D eigenvalue weighted by atomic mass is 10.1. The smallest absolute Gasteiger partial charge is 0.330 e. The van der Waals surface area contributed by atoms with Crippen molar-refractivity contribution in [2.45, 2.75) is 109 Å². The molecule has 0 saturated carbocycles. The van der Waals surface area contributed by atoms with Gasteiger partial charge in [-0.2, -0.15) is 0 Å². The molecule has 1 fully saturated rings. The van der Waals surface area contributed by atoms with Crippen LogP contribution in [0.4, 0.5) is 5.69 Å². The highest BCUT2D eigenvalue weighted by atomic mass is 28.4. The molecule has 1 N–H and O–H groups in total. The third-order valence-corrected chi connectivity index (χ3v) is 18.3. The molecule has 3 atom stereocenters. The van der Waals surface area contributed by atoms with Crippen LogP contribution in [0.2, 0.25) is 36.3 Å². The number of Topliss-reactive ketones (excluding diaryl/α,β-unsaturated/α-hetero) is 1.